The Bertz CT molecular complexity index is 362. The second-order valence-corrected chi connectivity index (χ2v) is 6.25. The summed E-state index contributed by atoms with van der Waals surface area (Å²) in [4.78, 5) is 25.0. The monoisotopic (exact) mass is 302 g/mol. The van der Waals surface area contributed by atoms with Crippen molar-refractivity contribution in [2.45, 2.75) is 37.6 Å². The molecule has 0 bridgehead atoms. The van der Waals surface area contributed by atoms with Crippen LogP contribution in [0.2, 0.25) is 0 Å². The minimum absolute atomic E-state index is 0.0305. The van der Waals surface area contributed by atoms with Gasteiger partial charge in [0.15, 0.2) is 0 Å². The van der Waals surface area contributed by atoms with E-state index in [1.165, 1.54) is 4.90 Å². The molecule has 1 aliphatic carbocycles. The van der Waals surface area contributed by atoms with Gasteiger partial charge in [-0.25, -0.2) is 9.59 Å². The molecule has 20 heavy (non-hydrogen) atoms. The Labute approximate surface area is 123 Å². The number of amides is 2. The number of thioether (sulfide) groups is 1. The Kier molecular flexibility index (Phi) is 5.54. The second kappa shape index (κ2) is 7.17. The van der Waals surface area contributed by atoms with Crippen LogP contribution in [-0.2, 0) is 9.53 Å². The van der Waals surface area contributed by atoms with E-state index in [2.05, 4.69) is 5.32 Å². The van der Waals surface area contributed by atoms with Crippen molar-refractivity contribution in [2.24, 2.45) is 5.92 Å². The van der Waals surface area contributed by atoms with Gasteiger partial charge in [-0.05, 0) is 32.1 Å². The molecule has 7 heteroatoms. The van der Waals surface area contributed by atoms with Crippen LogP contribution in [-0.4, -0.2) is 58.9 Å². The van der Waals surface area contributed by atoms with Crippen molar-refractivity contribution < 1.29 is 19.4 Å². The molecule has 2 N–H and O–H groups in total. The van der Waals surface area contributed by atoms with Gasteiger partial charge in [-0.1, -0.05) is 0 Å². The van der Waals surface area contributed by atoms with Crippen molar-refractivity contribution >= 4 is 23.8 Å². The third kappa shape index (κ3) is 3.79. The molecule has 1 heterocycles. The molecule has 2 atom stereocenters. The minimum atomic E-state index is -0.912. The number of hydrogen-bond donors (Lipinski definition) is 2. The summed E-state index contributed by atoms with van der Waals surface area (Å²) >= 11 is 1.59. The maximum atomic E-state index is 12.2. The second-order valence-electron chi connectivity index (χ2n) is 5.11. The molecule has 2 amide bonds. The topological polar surface area (TPSA) is 78.9 Å². The molecule has 2 rings (SSSR count). The first-order valence-corrected chi connectivity index (χ1v) is 8.18. The summed E-state index contributed by atoms with van der Waals surface area (Å²) in [6.07, 6.45) is 2.93. The number of hydrogen-bond acceptors (Lipinski definition) is 4. The predicted molar refractivity (Wildman–Crippen MR) is 76.7 cm³/mol. The fourth-order valence-corrected chi connectivity index (χ4v) is 3.96. The number of carbonyl (C=O) groups is 2. The van der Waals surface area contributed by atoms with E-state index >= 15 is 0 Å². The fraction of sp³-hybridized carbons (Fsp3) is 0.846. The van der Waals surface area contributed by atoms with Crippen LogP contribution in [0.3, 0.4) is 0 Å². The molecular weight excluding hydrogens is 280 g/mol. The zero-order chi connectivity index (χ0) is 14.5. The van der Waals surface area contributed by atoms with Gasteiger partial charge in [-0.3, -0.25) is 4.90 Å². The van der Waals surface area contributed by atoms with E-state index in [1.807, 2.05) is 6.92 Å². The van der Waals surface area contributed by atoms with Gasteiger partial charge in [0.25, 0.3) is 0 Å². The average molecular weight is 302 g/mol. The summed E-state index contributed by atoms with van der Waals surface area (Å²) in [6, 6.07) is -0.951. The van der Waals surface area contributed by atoms with Crippen LogP contribution in [0.4, 0.5) is 4.79 Å². The third-order valence-corrected chi connectivity index (χ3v) is 4.99. The SMILES string of the molecule is CCOCCCNC(=O)N1C(C(=O)O)CSC1C1CC1. The lowest BCUT2D eigenvalue weighted by molar-refractivity contribution is -0.141. The Morgan fingerprint density at radius 3 is 2.80 bits per heavy atom. The number of carbonyl (C=O) groups excluding carboxylic acids is 1. The number of carboxylic acid groups (broad SMARTS) is 1. The van der Waals surface area contributed by atoms with E-state index in [-0.39, 0.29) is 11.4 Å². The number of carboxylic acids is 1. The average Bonchev–Trinajstić information content (AvgIpc) is 3.16. The number of rotatable bonds is 7. The number of ether oxygens (including phenoxy) is 1. The van der Waals surface area contributed by atoms with Crippen molar-refractivity contribution in [3.05, 3.63) is 0 Å². The van der Waals surface area contributed by atoms with Crippen LogP contribution in [0.1, 0.15) is 26.2 Å². The number of nitrogens with one attached hydrogen (secondary N) is 1. The van der Waals surface area contributed by atoms with Gasteiger partial charge < -0.3 is 15.2 Å². The molecular formula is C13H22N2O4S. The van der Waals surface area contributed by atoms with Crippen molar-refractivity contribution in [1.82, 2.24) is 10.2 Å². The van der Waals surface area contributed by atoms with E-state index in [9.17, 15) is 14.7 Å². The molecule has 2 aliphatic rings. The molecule has 0 spiro atoms. The van der Waals surface area contributed by atoms with Crippen LogP contribution in [0.25, 0.3) is 0 Å². The van der Waals surface area contributed by atoms with Crippen molar-refractivity contribution in [3.8, 4) is 0 Å². The number of aliphatic carboxylic acids is 1. The Balaban J connectivity index is 1.85. The van der Waals surface area contributed by atoms with Gasteiger partial charge in [0, 0.05) is 25.5 Å². The van der Waals surface area contributed by atoms with Crippen molar-refractivity contribution in [1.29, 1.82) is 0 Å². The molecule has 1 saturated heterocycles. The Morgan fingerprint density at radius 1 is 1.45 bits per heavy atom. The smallest absolute Gasteiger partial charge is 0.327 e. The largest absolute Gasteiger partial charge is 0.480 e. The molecule has 0 aromatic carbocycles. The van der Waals surface area contributed by atoms with Crippen LogP contribution >= 0.6 is 11.8 Å². The zero-order valence-corrected chi connectivity index (χ0v) is 12.5. The van der Waals surface area contributed by atoms with Crippen LogP contribution in [0, 0.1) is 5.92 Å². The molecule has 1 saturated carbocycles. The molecule has 1 aliphatic heterocycles. The maximum Gasteiger partial charge on any atom is 0.327 e. The summed E-state index contributed by atoms with van der Waals surface area (Å²) in [5.74, 6) is 0.0479. The van der Waals surface area contributed by atoms with Gasteiger partial charge in [0.2, 0.25) is 0 Å². The maximum absolute atomic E-state index is 12.2. The summed E-state index contributed by atoms with van der Waals surface area (Å²) in [5.41, 5.74) is 0. The zero-order valence-electron chi connectivity index (χ0n) is 11.7. The summed E-state index contributed by atoms with van der Waals surface area (Å²) in [6.45, 7) is 3.73. The van der Waals surface area contributed by atoms with Crippen LogP contribution in [0.5, 0.6) is 0 Å². The molecule has 0 aromatic rings. The standard InChI is InChI=1S/C13H22N2O4S/c1-2-19-7-3-6-14-13(18)15-10(12(16)17)8-20-11(15)9-4-5-9/h9-11H,2-8H2,1H3,(H,14,18)(H,16,17). The lowest BCUT2D eigenvalue weighted by Crippen LogP contribution is -2.51. The summed E-state index contributed by atoms with van der Waals surface area (Å²) in [7, 11) is 0. The fourth-order valence-electron chi connectivity index (χ4n) is 2.32. The predicted octanol–water partition coefficient (Wildman–Crippen LogP) is 1.36. The minimum Gasteiger partial charge on any atom is -0.480 e. The summed E-state index contributed by atoms with van der Waals surface area (Å²) < 4.78 is 5.21. The van der Waals surface area contributed by atoms with Gasteiger partial charge >= 0.3 is 12.0 Å². The molecule has 6 nitrogen and oxygen atoms in total. The molecule has 2 fully saturated rings. The first-order chi connectivity index (χ1) is 9.65. The lowest BCUT2D eigenvalue weighted by atomic mass is 10.2. The van der Waals surface area contributed by atoms with Gasteiger partial charge in [-0.15, -0.1) is 11.8 Å². The van der Waals surface area contributed by atoms with Crippen LogP contribution in [0.15, 0.2) is 0 Å². The van der Waals surface area contributed by atoms with E-state index in [0.29, 0.717) is 31.4 Å². The molecule has 2 unspecified atom stereocenters. The molecule has 114 valence electrons. The molecule has 0 aromatic heterocycles. The van der Waals surface area contributed by atoms with E-state index in [4.69, 9.17) is 4.74 Å². The first kappa shape index (κ1) is 15.4. The summed E-state index contributed by atoms with van der Waals surface area (Å²) in [5, 5.41) is 12.1. The molecule has 0 radical (unpaired) electrons. The highest BCUT2D eigenvalue weighted by Gasteiger charge is 2.47. The highest BCUT2D eigenvalue weighted by Crippen LogP contribution is 2.45. The van der Waals surface area contributed by atoms with Crippen LogP contribution < -0.4 is 5.32 Å². The van der Waals surface area contributed by atoms with Gasteiger partial charge in [0.05, 0.1) is 5.37 Å². The quantitative estimate of drug-likeness (QED) is 0.694. The third-order valence-electron chi connectivity index (χ3n) is 3.53. The Hall–Kier alpha value is -0.950. The highest BCUT2D eigenvalue weighted by atomic mass is 32.2. The number of urea groups is 1. The number of nitrogens with zero attached hydrogens (tertiary/aromatic N) is 1. The normalized spacial score (nSPS) is 25.8. The van der Waals surface area contributed by atoms with E-state index in [0.717, 1.165) is 19.3 Å². The van der Waals surface area contributed by atoms with E-state index < -0.39 is 12.0 Å². The highest BCUT2D eigenvalue weighted by molar-refractivity contribution is 8.00. The lowest BCUT2D eigenvalue weighted by Gasteiger charge is -2.27. The van der Waals surface area contributed by atoms with Gasteiger partial charge in [-0.2, -0.15) is 0 Å². The van der Waals surface area contributed by atoms with Crippen molar-refractivity contribution in [3.63, 3.8) is 0 Å². The van der Waals surface area contributed by atoms with Crippen molar-refractivity contribution in [2.75, 3.05) is 25.5 Å². The van der Waals surface area contributed by atoms with E-state index in [1.54, 1.807) is 11.8 Å². The first-order valence-electron chi connectivity index (χ1n) is 7.13. The Morgan fingerprint density at radius 2 is 2.20 bits per heavy atom. The van der Waals surface area contributed by atoms with Gasteiger partial charge in [0.1, 0.15) is 6.04 Å².